The number of methoxy groups -OCH3 is 1. The number of aliphatic hydroxyl groups excluding tert-OH is 8. The zero-order valence-corrected chi connectivity index (χ0v) is 53.6. The van der Waals surface area contributed by atoms with Gasteiger partial charge >= 0.3 is 30.0 Å². The molecule has 0 fully saturated rings. The van der Waals surface area contributed by atoms with E-state index >= 15 is 0 Å². The van der Waals surface area contributed by atoms with Crippen molar-refractivity contribution in [1.29, 1.82) is 0 Å². The zero-order valence-electron chi connectivity index (χ0n) is 53.6. The third-order valence-electron chi connectivity index (χ3n) is 12.6. The summed E-state index contributed by atoms with van der Waals surface area (Å²) in [5, 5.41) is 91.3. The van der Waals surface area contributed by atoms with Crippen molar-refractivity contribution < 1.29 is 118 Å². The van der Waals surface area contributed by atoms with Gasteiger partial charge in [0.05, 0.1) is 92.6 Å². The number of esters is 4. The minimum absolute atomic E-state index is 0.0102. The number of ether oxygens (including phenoxy) is 5. The molecule has 0 saturated carbocycles. The van der Waals surface area contributed by atoms with Crippen molar-refractivity contribution in [1.82, 2.24) is 0 Å². The van der Waals surface area contributed by atoms with Crippen LogP contribution in [0.1, 0.15) is 139 Å². The Morgan fingerprint density at radius 3 is 0.926 bits per heavy atom. The number of hydrogen-bond donors (Lipinski definition) is 10. The van der Waals surface area contributed by atoms with Crippen LogP contribution in [0.4, 0.5) is 4.79 Å². The third kappa shape index (κ3) is 35.7. The second kappa shape index (κ2) is 48.8. The van der Waals surface area contributed by atoms with Crippen LogP contribution in [0.2, 0.25) is 0 Å². The van der Waals surface area contributed by atoms with E-state index in [2.05, 4.69) is 14.2 Å². The average molecular weight is 1320 g/mol. The van der Waals surface area contributed by atoms with Crippen LogP contribution in [0.15, 0.2) is 121 Å². The number of aliphatic hydroxyl groups is 8. The summed E-state index contributed by atoms with van der Waals surface area (Å²) >= 11 is 0. The van der Waals surface area contributed by atoms with Crippen molar-refractivity contribution in [3.8, 4) is 11.5 Å². The lowest BCUT2D eigenvalue weighted by Gasteiger charge is -2.05. The monoisotopic (exact) mass is 1320 g/mol. The van der Waals surface area contributed by atoms with Gasteiger partial charge in [0.1, 0.15) is 17.3 Å². The highest BCUT2D eigenvalue weighted by Gasteiger charge is 2.11. The highest BCUT2D eigenvalue weighted by Crippen LogP contribution is 2.22. The highest BCUT2D eigenvalue weighted by atomic mass is 16.7. The smallest absolute Gasteiger partial charge is 0.508 e. The Kier molecular flexibility index (Phi) is 42.7. The van der Waals surface area contributed by atoms with Gasteiger partial charge in [-0.15, -0.1) is 0 Å². The van der Waals surface area contributed by atoms with E-state index in [-0.39, 0.29) is 145 Å². The first-order valence-corrected chi connectivity index (χ1v) is 29.6. The summed E-state index contributed by atoms with van der Waals surface area (Å²) < 4.78 is 22.7. The number of ketones is 4. The molecule has 24 heteroatoms. The molecule has 5 aromatic carbocycles. The Labute approximate surface area is 550 Å². The molecular formula is C71H84O24. The number of hydrogen-bond acceptors (Lipinski definition) is 24. The lowest BCUT2D eigenvalue weighted by molar-refractivity contribution is -0.144. The Hall–Kier alpha value is -9.89. The molecule has 0 heterocycles. The van der Waals surface area contributed by atoms with E-state index in [0.717, 1.165) is 17.2 Å². The molecule has 0 amide bonds. The maximum Gasteiger partial charge on any atom is 0.516 e. The van der Waals surface area contributed by atoms with Gasteiger partial charge in [0.2, 0.25) is 0 Å². The van der Waals surface area contributed by atoms with Crippen LogP contribution >= 0.6 is 0 Å². The summed E-state index contributed by atoms with van der Waals surface area (Å²) in [6.45, 7) is 5.72. The van der Waals surface area contributed by atoms with E-state index in [4.69, 9.17) is 45.2 Å². The Morgan fingerprint density at radius 2 is 0.632 bits per heavy atom. The van der Waals surface area contributed by atoms with E-state index in [1.807, 2.05) is 0 Å². The maximum absolute atomic E-state index is 11.6. The number of aromatic hydroxyl groups is 2. The standard InChI is InChI=1S/C16H20O5.C15H18O5.C14H16O6.C14H16O4.C12H14O4/c1-2-21-16(20)8-7-15(19)6-4-12-3-5-13(10-17)14(9-12)11-18;1-2-20-15(19)8-6-13(17)5-3-11-4-7-14(18)12(9-11)10-16;1-2-19-14(18)20-13(17)6-4-10-3-5-11(8-15)12(7-10)9-16;1-10(16)2-5-13(17)6-3-11-4-7-14(18)12(8-11)9-15;1-16-12(15)5-3-9-2-4-10(7-13)11(6-9)8-14/h3-6,9,17-18H,2,7-8,10-11H2,1H3;3-5,7,9,16,18H,2,6,8,10H2,1H3;3-7,15-16H,2,8-9H2,1H3;3-4,6-8,15,18H,2,5,9H2,1H3;2-6,13-14H,7-8H2,1H3/b6-4+;5-3+;6-4+;6-3+;5-3+. The van der Waals surface area contributed by atoms with E-state index in [1.54, 1.807) is 124 Å². The van der Waals surface area contributed by atoms with Crippen LogP contribution in [-0.4, -0.2) is 131 Å². The van der Waals surface area contributed by atoms with E-state index < -0.39 is 18.1 Å². The number of rotatable bonds is 30. The largest absolute Gasteiger partial charge is 0.516 e. The van der Waals surface area contributed by atoms with Gasteiger partial charge < -0.3 is 79.5 Å². The molecule has 24 nitrogen and oxygen atoms in total. The number of carbonyl (C=O) groups is 9. The van der Waals surface area contributed by atoms with E-state index in [0.29, 0.717) is 74.4 Å². The van der Waals surface area contributed by atoms with Crippen LogP contribution in [0.3, 0.4) is 0 Å². The van der Waals surface area contributed by atoms with Gasteiger partial charge in [-0.3, -0.25) is 24.0 Å². The molecule has 0 aliphatic carbocycles. The summed E-state index contributed by atoms with van der Waals surface area (Å²) in [5.41, 5.74) is 8.14. The summed E-state index contributed by atoms with van der Waals surface area (Å²) in [6, 6.07) is 24.6. The highest BCUT2D eigenvalue weighted by molar-refractivity contribution is 5.97. The molecular weight excluding hydrogens is 1240 g/mol. The summed E-state index contributed by atoms with van der Waals surface area (Å²) in [6.07, 6.45) is 14.1. The summed E-state index contributed by atoms with van der Waals surface area (Å²) in [7, 11) is 1.31. The molecule has 5 rings (SSSR count). The molecule has 0 saturated heterocycles. The lowest BCUT2D eigenvalue weighted by Crippen LogP contribution is -2.11. The quantitative estimate of drug-likeness (QED) is 0.00921. The molecule has 95 heavy (non-hydrogen) atoms. The fraction of sp³-hybridized carbons (Fsp3) is 0.310. The molecule has 0 bridgehead atoms. The van der Waals surface area contributed by atoms with Crippen molar-refractivity contribution in [2.45, 2.75) is 119 Å². The van der Waals surface area contributed by atoms with Crippen molar-refractivity contribution in [3.05, 3.63) is 194 Å². The van der Waals surface area contributed by atoms with Gasteiger partial charge in [0.15, 0.2) is 17.3 Å². The zero-order chi connectivity index (χ0) is 71.1. The molecule has 0 spiro atoms. The van der Waals surface area contributed by atoms with Gasteiger partial charge in [-0.25, -0.2) is 14.4 Å². The van der Waals surface area contributed by atoms with Gasteiger partial charge in [-0.2, -0.15) is 0 Å². The van der Waals surface area contributed by atoms with Crippen LogP contribution in [-0.2, 0) is 115 Å². The predicted octanol–water partition coefficient (Wildman–Crippen LogP) is 7.48. The summed E-state index contributed by atoms with van der Waals surface area (Å²) in [4.78, 5) is 101. The average Bonchev–Trinajstić information content (AvgIpc) is 2.49. The Morgan fingerprint density at radius 1 is 0.347 bits per heavy atom. The van der Waals surface area contributed by atoms with Gasteiger partial charge in [0, 0.05) is 49.0 Å². The van der Waals surface area contributed by atoms with E-state index in [1.165, 1.54) is 56.5 Å². The molecule has 0 atom stereocenters. The van der Waals surface area contributed by atoms with E-state index in [9.17, 15) is 58.5 Å². The van der Waals surface area contributed by atoms with Crippen LogP contribution in [0, 0.1) is 0 Å². The first-order chi connectivity index (χ1) is 45.5. The molecule has 0 aliphatic rings. The van der Waals surface area contributed by atoms with Gasteiger partial charge in [0.25, 0.3) is 0 Å². The molecule has 0 unspecified atom stereocenters. The van der Waals surface area contributed by atoms with Crippen molar-refractivity contribution in [2.24, 2.45) is 0 Å². The molecule has 5 aromatic rings. The molecule has 0 radical (unpaired) electrons. The van der Waals surface area contributed by atoms with Gasteiger partial charge in [-0.1, -0.05) is 66.8 Å². The molecule has 10 N–H and O–H groups in total. The lowest BCUT2D eigenvalue weighted by atomic mass is 10.0. The second-order valence-electron chi connectivity index (χ2n) is 19.6. The predicted molar refractivity (Wildman–Crippen MR) is 350 cm³/mol. The number of benzene rings is 5. The topological polar surface area (TPSA) is 402 Å². The Bertz CT molecular complexity index is 3440. The first-order valence-electron chi connectivity index (χ1n) is 29.6. The SMILES string of the molecule is CC(=O)CCC(=O)/C=C/c1ccc(O)c(CO)c1.CCOC(=O)CCC(=O)/C=C/c1ccc(CO)c(CO)c1.CCOC(=O)CCC(=O)/C=C/c1ccc(O)c(CO)c1.CCOC(=O)OC(=O)/C=C/c1ccc(CO)c(CO)c1.COC(=O)/C=C/c1ccc(CO)c(CO)c1. The van der Waals surface area contributed by atoms with Crippen molar-refractivity contribution in [3.63, 3.8) is 0 Å². The van der Waals surface area contributed by atoms with Crippen molar-refractivity contribution >= 4 is 83.5 Å². The minimum Gasteiger partial charge on any atom is -0.508 e. The van der Waals surface area contributed by atoms with Gasteiger partial charge in [-0.05, 0) is 162 Å². The van der Waals surface area contributed by atoms with Crippen molar-refractivity contribution in [2.75, 3.05) is 26.9 Å². The Balaban J connectivity index is 0.000000595. The van der Waals surface area contributed by atoms with Crippen LogP contribution < -0.4 is 0 Å². The number of carbonyl (C=O) groups excluding carboxylic acids is 9. The second-order valence-corrected chi connectivity index (χ2v) is 19.6. The number of phenols is 2. The number of allylic oxidation sites excluding steroid dienone is 3. The molecule has 512 valence electrons. The molecule has 0 aromatic heterocycles. The molecule has 0 aliphatic heterocycles. The number of Topliss-reactive ketones (excluding diaryl/α,β-unsaturated/α-hetero) is 1. The maximum atomic E-state index is 11.6. The summed E-state index contributed by atoms with van der Waals surface area (Å²) in [5.74, 6) is -2.49. The fourth-order valence-electron chi connectivity index (χ4n) is 7.52. The normalized spacial score (nSPS) is 10.7. The van der Waals surface area contributed by atoms with Crippen LogP contribution in [0.5, 0.6) is 11.5 Å². The third-order valence-corrected chi connectivity index (χ3v) is 12.6. The van der Waals surface area contributed by atoms with Crippen LogP contribution in [0.25, 0.3) is 30.4 Å². The minimum atomic E-state index is -1.05. The first kappa shape index (κ1) is 83.1. The fourth-order valence-corrected chi connectivity index (χ4v) is 7.52.